The van der Waals surface area contributed by atoms with E-state index in [1.54, 1.807) is 0 Å². The molecule has 0 radical (unpaired) electrons. The lowest BCUT2D eigenvalue weighted by Gasteiger charge is -2.17. The highest BCUT2D eigenvalue weighted by atomic mass is 32.2. The van der Waals surface area contributed by atoms with Gasteiger partial charge in [-0.2, -0.15) is 0 Å². The molecule has 2 rings (SSSR count). The zero-order chi connectivity index (χ0) is 10.7. The van der Waals surface area contributed by atoms with Crippen molar-refractivity contribution in [1.82, 2.24) is 0 Å². The molecule has 1 aliphatic rings. The summed E-state index contributed by atoms with van der Waals surface area (Å²) < 4.78 is 2.39. The molecule has 0 unspecified atom stereocenters. The Morgan fingerprint density at radius 3 is 2.73 bits per heavy atom. The monoisotopic (exact) mass is 222 g/mol. The van der Waals surface area contributed by atoms with Crippen LogP contribution in [-0.4, -0.2) is 19.5 Å². The molecule has 0 bridgehead atoms. The van der Waals surface area contributed by atoms with Crippen LogP contribution >= 0.6 is 11.9 Å². The SMILES string of the molecule is CCCCSN1CN(C)c2ccccc21. The number of unbranched alkanes of at least 4 members (excludes halogenated alkanes) is 1. The van der Waals surface area contributed by atoms with E-state index in [0.717, 1.165) is 6.67 Å². The predicted octanol–water partition coefficient (Wildman–Crippen LogP) is 3.35. The minimum Gasteiger partial charge on any atom is -0.354 e. The maximum atomic E-state index is 2.39. The highest BCUT2D eigenvalue weighted by Crippen LogP contribution is 2.38. The first kappa shape index (κ1) is 10.7. The Balaban J connectivity index is 2.04. The first-order chi connectivity index (χ1) is 7.33. The third kappa shape index (κ3) is 2.23. The summed E-state index contributed by atoms with van der Waals surface area (Å²) in [4.78, 5) is 2.30. The number of para-hydroxylation sites is 2. The van der Waals surface area contributed by atoms with E-state index in [9.17, 15) is 0 Å². The normalized spacial score (nSPS) is 14.5. The zero-order valence-electron chi connectivity index (χ0n) is 9.44. The predicted molar refractivity (Wildman–Crippen MR) is 69.6 cm³/mol. The van der Waals surface area contributed by atoms with Crippen molar-refractivity contribution in [2.24, 2.45) is 0 Å². The average molecular weight is 222 g/mol. The van der Waals surface area contributed by atoms with Crippen molar-refractivity contribution in [2.75, 3.05) is 28.7 Å². The number of hydrogen-bond acceptors (Lipinski definition) is 3. The Kier molecular flexibility index (Phi) is 3.41. The second-order valence-corrected chi connectivity index (χ2v) is 5.00. The van der Waals surface area contributed by atoms with Crippen molar-refractivity contribution < 1.29 is 0 Å². The lowest BCUT2D eigenvalue weighted by Crippen LogP contribution is -2.22. The molecule has 0 atom stereocenters. The molecular weight excluding hydrogens is 204 g/mol. The van der Waals surface area contributed by atoms with Crippen molar-refractivity contribution >= 4 is 23.3 Å². The van der Waals surface area contributed by atoms with Crippen LogP contribution in [0.15, 0.2) is 24.3 Å². The summed E-state index contributed by atoms with van der Waals surface area (Å²) in [6, 6.07) is 8.62. The molecule has 15 heavy (non-hydrogen) atoms. The minimum atomic E-state index is 1.01. The Bertz CT molecular complexity index is 327. The standard InChI is InChI=1S/C12H18N2S/c1-3-4-9-15-14-10-13(2)11-7-5-6-8-12(11)14/h5-8H,3-4,9-10H2,1-2H3. The molecule has 1 heterocycles. The van der Waals surface area contributed by atoms with Gasteiger partial charge in [-0.3, -0.25) is 4.31 Å². The molecule has 0 aromatic heterocycles. The van der Waals surface area contributed by atoms with Gasteiger partial charge in [0.25, 0.3) is 0 Å². The van der Waals surface area contributed by atoms with Crippen LogP contribution in [0.25, 0.3) is 0 Å². The summed E-state index contributed by atoms with van der Waals surface area (Å²) in [6.07, 6.45) is 2.57. The fourth-order valence-corrected chi connectivity index (χ4v) is 2.96. The van der Waals surface area contributed by atoms with E-state index in [-0.39, 0.29) is 0 Å². The molecule has 0 fully saturated rings. The van der Waals surface area contributed by atoms with Crippen LogP contribution < -0.4 is 9.21 Å². The molecule has 1 aliphatic heterocycles. The molecule has 3 heteroatoms. The van der Waals surface area contributed by atoms with Gasteiger partial charge in [-0.1, -0.05) is 25.5 Å². The van der Waals surface area contributed by atoms with Gasteiger partial charge in [0.1, 0.15) is 6.67 Å². The topological polar surface area (TPSA) is 6.48 Å². The smallest absolute Gasteiger partial charge is 0.101 e. The Labute approximate surface area is 96.4 Å². The number of fused-ring (bicyclic) bond motifs is 1. The Hall–Kier alpha value is -0.830. The van der Waals surface area contributed by atoms with Gasteiger partial charge >= 0.3 is 0 Å². The van der Waals surface area contributed by atoms with E-state index < -0.39 is 0 Å². The zero-order valence-corrected chi connectivity index (χ0v) is 10.3. The van der Waals surface area contributed by atoms with Crippen molar-refractivity contribution in [2.45, 2.75) is 19.8 Å². The maximum Gasteiger partial charge on any atom is 0.101 e. The van der Waals surface area contributed by atoms with Crippen LogP contribution in [0.4, 0.5) is 11.4 Å². The van der Waals surface area contributed by atoms with Crippen LogP contribution in [0.5, 0.6) is 0 Å². The van der Waals surface area contributed by atoms with Crippen LogP contribution in [0, 0.1) is 0 Å². The van der Waals surface area contributed by atoms with Gasteiger partial charge in [0.15, 0.2) is 0 Å². The van der Waals surface area contributed by atoms with E-state index in [0.29, 0.717) is 0 Å². The molecule has 0 saturated heterocycles. The highest BCUT2D eigenvalue weighted by molar-refractivity contribution is 8.00. The van der Waals surface area contributed by atoms with Crippen LogP contribution in [-0.2, 0) is 0 Å². The number of nitrogens with zero attached hydrogens (tertiary/aromatic N) is 2. The van der Waals surface area contributed by atoms with Crippen molar-refractivity contribution in [3.05, 3.63) is 24.3 Å². The number of benzene rings is 1. The van der Waals surface area contributed by atoms with Crippen molar-refractivity contribution in [3.8, 4) is 0 Å². The summed E-state index contributed by atoms with van der Waals surface area (Å²) in [5.74, 6) is 1.22. The average Bonchev–Trinajstić information content (AvgIpc) is 2.58. The molecule has 1 aromatic rings. The maximum absolute atomic E-state index is 2.39. The van der Waals surface area contributed by atoms with Gasteiger partial charge in [0.05, 0.1) is 11.4 Å². The van der Waals surface area contributed by atoms with Crippen LogP contribution in [0.1, 0.15) is 19.8 Å². The quantitative estimate of drug-likeness (QED) is 0.570. The third-order valence-corrected chi connectivity index (χ3v) is 3.74. The van der Waals surface area contributed by atoms with E-state index in [1.807, 2.05) is 11.9 Å². The van der Waals surface area contributed by atoms with Gasteiger partial charge in [0.2, 0.25) is 0 Å². The van der Waals surface area contributed by atoms with E-state index in [1.165, 1.54) is 30.0 Å². The number of rotatable bonds is 4. The van der Waals surface area contributed by atoms with E-state index in [4.69, 9.17) is 0 Å². The first-order valence-corrected chi connectivity index (χ1v) is 6.48. The largest absolute Gasteiger partial charge is 0.354 e. The molecule has 2 nitrogen and oxygen atoms in total. The second kappa shape index (κ2) is 4.79. The van der Waals surface area contributed by atoms with Crippen LogP contribution in [0.3, 0.4) is 0 Å². The van der Waals surface area contributed by atoms with Crippen molar-refractivity contribution in [1.29, 1.82) is 0 Å². The van der Waals surface area contributed by atoms with Gasteiger partial charge in [-0.15, -0.1) is 0 Å². The Morgan fingerprint density at radius 2 is 2.00 bits per heavy atom. The van der Waals surface area contributed by atoms with Crippen LogP contribution in [0.2, 0.25) is 0 Å². The minimum absolute atomic E-state index is 1.01. The van der Waals surface area contributed by atoms with E-state index >= 15 is 0 Å². The first-order valence-electron chi connectivity index (χ1n) is 5.53. The van der Waals surface area contributed by atoms with Crippen molar-refractivity contribution in [3.63, 3.8) is 0 Å². The third-order valence-electron chi connectivity index (χ3n) is 2.65. The van der Waals surface area contributed by atoms with Gasteiger partial charge < -0.3 is 4.90 Å². The molecule has 82 valence electrons. The highest BCUT2D eigenvalue weighted by Gasteiger charge is 2.22. The molecule has 1 aromatic carbocycles. The summed E-state index contributed by atoms with van der Waals surface area (Å²) in [7, 11) is 2.15. The molecule has 0 aliphatic carbocycles. The summed E-state index contributed by atoms with van der Waals surface area (Å²) in [6.45, 7) is 3.25. The van der Waals surface area contributed by atoms with E-state index in [2.05, 4.69) is 47.4 Å². The van der Waals surface area contributed by atoms with Gasteiger partial charge in [-0.25, -0.2) is 0 Å². The molecule has 0 saturated carbocycles. The fraction of sp³-hybridized carbons (Fsp3) is 0.500. The molecule has 0 spiro atoms. The summed E-state index contributed by atoms with van der Waals surface area (Å²) >= 11 is 1.95. The lowest BCUT2D eigenvalue weighted by molar-refractivity contribution is 0.893. The number of hydrogen-bond donors (Lipinski definition) is 0. The number of anilines is 2. The summed E-state index contributed by atoms with van der Waals surface area (Å²) in [5, 5.41) is 0. The molecule has 0 N–H and O–H groups in total. The fourth-order valence-electron chi connectivity index (χ4n) is 1.77. The summed E-state index contributed by atoms with van der Waals surface area (Å²) in [5.41, 5.74) is 2.71. The lowest BCUT2D eigenvalue weighted by atomic mass is 10.3. The Morgan fingerprint density at radius 1 is 1.27 bits per heavy atom. The van der Waals surface area contributed by atoms with Gasteiger partial charge in [-0.05, 0) is 30.5 Å². The molecule has 0 amide bonds. The van der Waals surface area contributed by atoms with Gasteiger partial charge in [0, 0.05) is 12.8 Å². The molecular formula is C12H18N2S. The second-order valence-electron chi connectivity index (χ2n) is 3.89.